The Balaban J connectivity index is 2.38. The van der Waals surface area contributed by atoms with E-state index in [4.69, 9.17) is 10.2 Å². The molecule has 0 amide bonds. The number of furan rings is 1. The summed E-state index contributed by atoms with van der Waals surface area (Å²) in [5.41, 5.74) is 7.14. The molecule has 2 unspecified atom stereocenters. The van der Waals surface area contributed by atoms with Gasteiger partial charge in [0.2, 0.25) is 0 Å². The molecule has 1 heterocycles. The average molecular weight is 179 g/mol. The molecule has 2 atom stereocenters. The van der Waals surface area contributed by atoms with E-state index in [-0.39, 0.29) is 0 Å². The van der Waals surface area contributed by atoms with Gasteiger partial charge in [-0.1, -0.05) is 6.92 Å². The molecule has 1 aromatic heterocycles. The minimum absolute atomic E-state index is 0.442. The largest absolute Gasteiger partial charge is 0.466 e. The standard InChI is InChI=1S/C11H17NO/c1-7-3-4-9-5-8(2)13-11(9)10(7)6-12/h5,7,10H,3-4,6,12H2,1-2H3. The average Bonchev–Trinajstić information content (AvgIpc) is 2.45. The Hall–Kier alpha value is -0.760. The van der Waals surface area contributed by atoms with Gasteiger partial charge in [-0.05, 0) is 37.3 Å². The van der Waals surface area contributed by atoms with Crippen molar-refractivity contribution in [3.63, 3.8) is 0 Å². The second kappa shape index (κ2) is 3.18. The summed E-state index contributed by atoms with van der Waals surface area (Å²) in [7, 11) is 0. The lowest BCUT2D eigenvalue weighted by Gasteiger charge is -2.26. The second-order valence-corrected chi connectivity index (χ2v) is 4.10. The first-order valence-electron chi connectivity index (χ1n) is 5.01. The minimum atomic E-state index is 0.442. The zero-order chi connectivity index (χ0) is 9.42. The van der Waals surface area contributed by atoms with E-state index in [2.05, 4.69) is 13.0 Å². The molecule has 72 valence electrons. The predicted octanol–water partition coefficient (Wildman–Crippen LogP) is 2.21. The fraction of sp³-hybridized carbons (Fsp3) is 0.636. The maximum atomic E-state index is 5.76. The van der Waals surface area contributed by atoms with E-state index in [0.29, 0.717) is 18.4 Å². The van der Waals surface area contributed by atoms with E-state index in [9.17, 15) is 0 Å². The lowest BCUT2D eigenvalue weighted by molar-refractivity contribution is 0.335. The first kappa shape index (κ1) is 8.82. The van der Waals surface area contributed by atoms with Gasteiger partial charge in [-0.3, -0.25) is 0 Å². The van der Waals surface area contributed by atoms with Gasteiger partial charge in [-0.15, -0.1) is 0 Å². The van der Waals surface area contributed by atoms with E-state index in [0.717, 1.165) is 17.9 Å². The van der Waals surface area contributed by atoms with Crippen LogP contribution >= 0.6 is 0 Å². The minimum Gasteiger partial charge on any atom is -0.466 e. The number of aryl methyl sites for hydroxylation is 2. The highest BCUT2D eigenvalue weighted by Crippen LogP contribution is 2.36. The van der Waals surface area contributed by atoms with Crippen molar-refractivity contribution in [2.24, 2.45) is 11.7 Å². The van der Waals surface area contributed by atoms with Crippen LogP contribution in [0.4, 0.5) is 0 Å². The van der Waals surface area contributed by atoms with Crippen molar-refractivity contribution in [2.75, 3.05) is 6.54 Å². The van der Waals surface area contributed by atoms with E-state index < -0.39 is 0 Å². The van der Waals surface area contributed by atoms with Gasteiger partial charge in [-0.25, -0.2) is 0 Å². The third-order valence-electron chi connectivity index (χ3n) is 3.11. The van der Waals surface area contributed by atoms with Crippen molar-refractivity contribution in [2.45, 2.75) is 32.6 Å². The Morgan fingerprint density at radius 3 is 3.08 bits per heavy atom. The quantitative estimate of drug-likeness (QED) is 0.718. The molecule has 1 aromatic rings. The number of rotatable bonds is 1. The van der Waals surface area contributed by atoms with Crippen LogP contribution in [0.15, 0.2) is 10.5 Å². The SMILES string of the molecule is Cc1cc2c(o1)C(CN)C(C)CC2. The van der Waals surface area contributed by atoms with E-state index in [1.807, 2.05) is 6.92 Å². The first-order chi connectivity index (χ1) is 6.22. The van der Waals surface area contributed by atoms with Crippen molar-refractivity contribution < 1.29 is 4.42 Å². The molecule has 0 bridgehead atoms. The molecular formula is C11H17NO. The Kier molecular flexibility index (Phi) is 2.16. The number of hydrogen-bond donors (Lipinski definition) is 1. The monoisotopic (exact) mass is 179 g/mol. The smallest absolute Gasteiger partial charge is 0.111 e. The molecule has 0 saturated carbocycles. The summed E-state index contributed by atoms with van der Waals surface area (Å²) in [6.07, 6.45) is 2.40. The van der Waals surface area contributed by atoms with Gasteiger partial charge in [0.05, 0.1) is 0 Å². The van der Waals surface area contributed by atoms with Crippen LogP contribution < -0.4 is 5.73 Å². The molecule has 0 aromatic carbocycles. The van der Waals surface area contributed by atoms with Gasteiger partial charge in [0.25, 0.3) is 0 Å². The zero-order valence-corrected chi connectivity index (χ0v) is 8.34. The zero-order valence-electron chi connectivity index (χ0n) is 8.34. The van der Waals surface area contributed by atoms with Crippen LogP contribution in [0, 0.1) is 12.8 Å². The Morgan fingerprint density at radius 2 is 2.38 bits per heavy atom. The highest BCUT2D eigenvalue weighted by Gasteiger charge is 2.28. The summed E-state index contributed by atoms with van der Waals surface area (Å²) in [4.78, 5) is 0. The second-order valence-electron chi connectivity index (χ2n) is 4.10. The van der Waals surface area contributed by atoms with Gasteiger partial charge in [0.1, 0.15) is 11.5 Å². The van der Waals surface area contributed by atoms with Gasteiger partial charge >= 0.3 is 0 Å². The van der Waals surface area contributed by atoms with E-state index in [1.54, 1.807) is 0 Å². The molecule has 1 aliphatic carbocycles. The molecule has 2 rings (SSSR count). The third-order valence-corrected chi connectivity index (χ3v) is 3.11. The Bertz CT molecular complexity index is 303. The Morgan fingerprint density at radius 1 is 1.62 bits per heavy atom. The summed E-state index contributed by atoms with van der Waals surface area (Å²) in [5, 5.41) is 0. The molecular weight excluding hydrogens is 162 g/mol. The van der Waals surface area contributed by atoms with E-state index in [1.165, 1.54) is 12.0 Å². The first-order valence-corrected chi connectivity index (χ1v) is 5.01. The van der Waals surface area contributed by atoms with Gasteiger partial charge in [-0.2, -0.15) is 0 Å². The van der Waals surface area contributed by atoms with Gasteiger partial charge in [0, 0.05) is 12.5 Å². The van der Waals surface area contributed by atoms with Crippen molar-refractivity contribution in [3.05, 3.63) is 23.2 Å². The van der Waals surface area contributed by atoms with E-state index >= 15 is 0 Å². The van der Waals surface area contributed by atoms with Crippen molar-refractivity contribution in [1.82, 2.24) is 0 Å². The summed E-state index contributed by atoms with van der Waals surface area (Å²) >= 11 is 0. The summed E-state index contributed by atoms with van der Waals surface area (Å²) < 4.78 is 5.70. The van der Waals surface area contributed by atoms with Gasteiger partial charge < -0.3 is 10.2 Å². The van der Waals surface area contributed by atoms with Crippen LogP contribution in [-0.2, 0) is 6.42 Å². The maximum Gasteiger partial charge on any atom is 0.111 e. The topological polar surface area (TPSA) is 39.2 Å². The number of hydrogen-bond acceptors (Lipinski definition) is 2. The fourth-order valence-corrected chi connectivity index (χ4v) is 2.28. The molecule has 13 heavy (non-hydrogen) atoms. The van der Waals surface area contributed by atoms with Crippen molar-refractivity contribution >= 4 is 0 Å². The number of fused-ring (bicyclic) bond motifs is 1. The maximum absolute atomic E-state index is 5.76. The van der Waals surface area contributed by atoms with Crippen LogP contribution in [0.2, 0.25) is 0 Å². The molecule has 1 aliphatic rings. The molecule has 2 nitrogen and oxygen atoms in total. The van der Waals surface area contributed by atoms with Crippen molar-refractivity contribution in [3.8, 4) is 0 Å². The highest BCUT2D eigenvalue weighted by atomic mass is 16.3. The van der Waals surface area contributed by atoms with Crippen LogP contribution in [-0.4, -0.2) is 6.54 Å². The van der Waals surface area contributed by atoms with Crippen LogP contribution in [0.5, 0.6) is 0 Å². The molecule has 2 N–H and O–H groups in total. The molecule has 2 heteroatoms. The Labute approximate surface area is 79.1 Å². The summed E-state index contributed by atoms with van der Waals surface area (Å²) in [6, 6.07) is 2.16. The summed E-state index contributed by atoms with van der Waals surface area (Å²) in [6.45, 7) is 4.98. The highest BCUT2D eigenvalue weighted by molar-refractivity contribution is 5.27. The predicted molar refractivity (Wildman–Crippen MR) is 52.7 cm³/mol. The third kappa shape index (κ3) is 1.39. The molecule has 0 fully saturated rings. The van der Waals surface area contributed by atoms with Crippen LogP contribution in [0.25, 0.3) is 0 Å². The lowest BCUT2D eigenvalue weighted by Crippen LogP contribution is -2.24. The molecule has 0 radical (unpaired) electrons. The van der Waals surface area contributed by atoms with Crippen molar-refractivity contribution in [1.29, 1.82) is 0 Å². The fourth-order valence-electron chi connectivity index (χ4n) is 2.28. The molecule has 0 saturated heterocycles. The van der Waals surface area contributed by atoms with Crippen LogP contribution in [0.1, 0.15) is 36.3 Å². The summed E-state index contributed by atoms with van der Waals surface area (Å²) in [5.74, 6) is 3.29. The molecule has 0 aliphatic heterocycles. The van der Waals surface area contributed by atoms with Crippen LogP contribution in [0.3, 0.4) is 0 Å². The van der Waals surface area contributed by atoms with Gasteiger partial charge in [0.15, 0.2) is 0 Å². The normalized spacial score (nSPS) is 27.3. The lowest BCUT2D eigenvalue weighted by atomic mass is 9.80. The molecule has 0 spiro atoms. The number of nitrogens with two attached hydrogens (primary N) is 1.